The lowest BCUT2D eigenvalue weighted by Crippen LogP contribution is -2.34. The van der Waals surface area contributed by atoms with Crippen molar-refractivity contribution in [3.05, 3.63) is 75.0 Å². The van der Waals surface area contributed by atoms with Crippen LogP contribution >= 0.6 is 34.3 Å². The second-order valence-electron chi connectivity index (χ2n) is 6.79. The predicted molar refractivity (Wildman–Crippen MR) is 128 cm³/mol. The quantitative estimate of drug-likeness (QED) is 0.402. The molecule has 4 rings (SSSR count). The summed E-state index contributed by atoms with van der Waals surface area (Å²) in [7, 11) is 0. The van der Waals surface area contributed by atoms with Gasteiger partial charge in [0.15, 0.2) is 6.61 Å². The Kier molecular flexibility index (Phi) is 6.99. The SMILES string of the molecule is Cc1nc(-c2cccs2)sc1-c1ccc(=O)n(CCNC(=O)COc2cccc(Cl)c2)n1. The minimum absolute atomic E-state index is 0.145. The van der Waals surface area contributed by atoms with Gasteiger partial charge in [-0.1, -0.05) is 23.7 Å². The third kappa shape index (κ3) is 5.42. The van der Waals surface area contributed by atoms with Crippen LogP contribution in [0.2, 0.25) is 5.02 Å². The summed E-state index contributed by atoms with van der Waals surface area (Å²) in [5.74, 6) is 0.216. The van der Waals surface area contributed by atoms with Crippen LogP contribution in [0.3, 0.4) is 0 Å². The predicted octanol–water partition coefficient (Wildman–Crippen LogP) is 4.25. The van der Waals surface area contributed by atoms with Crippen LogP contribution in [0.25, 0.3) is 20.5 Å². The summed E-state index contributed by atoms with van der Waals surface area (Å²) in [5.41, 5.74) is 1.31. The maximum Gasteiger partial charge on any atom is 0.266 e. The van der Waals surface area contributed by atoms with Crippen LogP contribution in [0.15, 0.2) is 58.7 Å². The van der Waals surface area contributed by atoms with Crippen LogP contribution in [-0.2, 0) is 11.3 Å². The van der Waals surface area contributed by atoms with Crippen LogP contribution in [-0.4, -0.2) is 33.8 Å². The van der Waals surface area contributed by atoms with Gasteiger partial charge in [-0.05, 0) is 42.6 Å². The first kappa shape index (κ1) is 22.2. The zero-order chi connectivity index (χ0) is 22.5. The molecule has 0 bridgehead atoms. The van der Waals surface area contributed by atoms with Crippen molar-refractivity contribution in [1.29, 1.82) is 0 Å². The molecule has 3 heterocycles. The Labute approximate surface area is 197 Å². The van der Waals surface area contributed by atoms with Gasteiger partial charge in [-0.2, -0.15) is 5.10 Å². The number of carbonyl (C=O) groups excluding carboxylic acids is 1. The number of benzene rings is 1. The number of rotatable bonds is 8. The Balaban J connectivity index is 1.37. The highest BCUT2D eigenvalue weighted by Gasteiger charge is 2.14. The number of thiazole rings is 1. The van der Waals surface area contributed by atoms with Gasteiger partial charge in [0.25, 0.3) is 11.5 Å². The van der Waals surface area contributed by atoms with Crippen molar-refractivity contribution >= 4 is 40.2 Å². The highest BCUT2D eigenvalue weighted by molar-refractivity contribution is 7.23. The summed E-state index contributed by atoms with van der Waals surface area (Å²) >= 11 is 9.07. The molecule has 32 heavy (non-hydrogen) atoms. The van der Waals surface area contributed by atoms with E-state index in [2.05, 4.69) is 15.4 Å². The van der Waals surface area contributed by atoms with E-state index in [1.54, 1.807) is 53.0 Å². The number of aryl methyl sites for hydroxylation is 1. The fourth-order valence-electron chi connectivity index (χ4n) is 2.93. The number of nitrogens with one attached hydrogen (secondary N) is 1. The summed E-state index contributed by atoms with van der Waals surface area (Å²) in [6.07, 6.45) is 0. The average Bonchev–Trinajstić information content (AvgIpc) is 3.44. The molecule has 0 saturated heterocycles. The summed E-state index contributed by atoms with van der Waals surface area (Å²) in [4.78, 5) is 30.9. The molecule has 3 aromatic heterocycles. The molecule has 1 aromatic carbocycles. The number of aromatic nitrogens is 3. The molecule has 0 spiro atoms. The molecule has 0 unspecified atom stereocenters. The van der Waals surface area contributed by atoms with E-state index in [0.29, 0.717) is 16.5 Å². The Morgan fingerprint density at radius 3 is 2.88 bits per heavy atom. The van der Waals surface area contributed by atoms with Crippen LogP contribution in [0.1, 0.15) is 5.69 Å². The van der Waals surface area contributed by atoms with Gasteiger partial charge in [-0.3, -0.25) is 9.59 Å². The van der Waals surface area contributed by atoms with Crippen LogP contribution in [0, 0.1) is 6.92 Å². The van der Waals surface area contributed by atoms with Gasteiger partial charge < -0.3 is 10.1 Å². The minimum Gasteiger partial charge on any atom is -0.484 e. The molecule has 0 fully saturated rings. The number of amides is 1. The fourth-order valence-corrected chi connectivity index (χ4v) is 4.94. The molecular formula is C22H19ClN4O3S2. The molecule has 0 atom stereocenters. The first-order valence-electron chi connectivity index (χ1n) is 9.74. The highest BCUT2D eigenvalue weighted by atomic mass is 35.5. The van der Waals surface area contributed by atoms with Crippen LogP contribution in [0.5, 0.6) is 5.75 Å². The average molecular weight is 487 g/mol. The van der Waals surface area contributed by atoms with Gasteiger partial charge in [0.2, 0.25) is 0 Å². The summed E-state index contributed by atoms with van der Waals surface area (Å²) in [6, 6.07) is 14.0. The number of nitrogens with zero attached hydrogens (tertiary/aromatic N) is 3. The van der Waals surface area contributed by atoms with Crippen LogP contribution < -0.4 is 15.6 Å². The molecule has 0 saturated carbocycles. The molecule has 164 valence electrons. The van der Waals surface area contributed by atoms with Gasteiger partial charge in [0.05, 0.1) is 22.0 Å². The van der Waals surface area contributed by atoms with Crippen molar-refractivity contribution in [2.75, 3.05) is 13.2 Å². The third-order valence-corrected chi connectivity index (χ3v) is 6.89. The third-order valence-electron chi connectivity index (χ3n) is 4.44. The van der Waals surface area contributed by atoms with Gasteiger partial charge in [0.1, 0.15) is 16.5 Å². The first-order valence-corrected chi connectivity index (χ1v) is 11.8. The lowest BCUT2D eigenvalue weighted by Gasteiger charge is -2.09. The maximum absolute atomic E-state index is 12.2. The van der Waals surface area contributed by atoms with E-state index in [9.17, 15) is 9.59 Å². The topological polar surface area (TPSA) is 86.1 Å². The van der Waals surface area contributed by atoms with Crippen molar-refractivity contribution in [3.63, 3.8) is 0 Å². The number of ether oxygens (including phenoxy) is 1. The van der Waals surface area contributed by atoms with Gasteiger partial charge in [-0.25, -0.2) is 9.67 Å². The van der Waals surface area contributed by atoms with Gasteiger partial charge in [-0.15, -0.1) is 22.7 Å². The molecule has 0 aliphatic rings. The van der Waals surface area contributed by atoms with E-state index in [1.807, 2.05) is 24.4 Å². The van der Waals surface area contributed by atoms with Crippen molar-refractivity contribution in [1.82, 2.24) is 20.1 Å². The molecule has 0 radical (unpaired) electrons. The summed E-state index contributed by atoms with van der Waals surface area (Å²) < 4.78 is 6.76. The number of thiophene rings is 1. The zero-order valence-corrected chi connectivity index (χ0v) is 19.5. The smallest absolute Gasteiger partial charge is 0.266 e. The molecular weight excluding hydrogens is 468 g/mol. The Morgan fingerprint density at radius 1 is 1.22 bits per heavy atom. The first-order chi connectivity index (χ1) is 15.5. The largest absolute Gasteiger partial charge is 0.484 e. The zero-order valence-electron chi connectivity index (χ0n) is 17.1. The second kappa shape index (κ2) is 10.1. The summed E-state index contributed by atoms with van der Waals surface area (Å²) in [5, 5.41) is 10.7. The van der Waals surface area contributed by atoms with Crippen molar-refractivity contribution in [2.45, 2.75) is 13.5 Å². The van der Waals surface area contributed by atoms with E-state index in [4.69, 9.17) is 16.3 Å². The van der Waals surface area contributed by atoms with E-state index in [-0.39, 0.29) is 31.2 Å². The fraction of sp³-hybridized carbons (Fsp3) is 0.182. The Morgan fingerprint density at radius 2 is 2.09 bits per heavy atom. The van der Waals surface area contributed by atoms with Crippen molar-refractivity contribution < 1.29 is 9.53 Å². The van der Waals surface area contributed by atoms with E-state index < -0.39 is 0 Å². The maximum atomic E-state index is 12.2. The molecule has 10 heteroatoms. The number of halogens is 1. The number of carbonyl (C=O) groups is 1. The monoisotopic (exact) mass is 486 g/mol. The highest BCUT2D eigenvalue weighted by Crippen LogP contribution is 2.35. The lowest BCUT2D eigenvalue weighted by molar-refractivity contribution is -0.123. The standard InChI is InChI=1S/C22H19ClN4O3S2/c1-14-21(32-22(25-14)18-6-3-11-31-18)17-7-8-20(29)27(26-17)10-9-24-19(28)13-30-16-5-2-4-15(23)12-16/h2-8,11-12H,9-10,13H2,1H3,(H,24,28). The second-order valence-corrected chi connectivity index (χ2v) is 9.17. The Bertz CT molecular complexity index is 1280. The van der Waals surface area contributed by atoms with Crippen molar-refractivity contribution in [2.24, 2.45) is 0 Å². The number of hydrogen-bond acceptors (Lipinski definition) is 7. The normalized spacial score (nSPS) is 10.8. The minimum atomic E-state index is -0.298. The molecule has 0 aliphatic carbocycles. The van der Waals surface area contributed by atoms with E-state index >= 15 is 0 Å². The van der Waals surface area contributed by atoms with E-state index in [1.165, 1.54) is 10.7 Å². The van der Waals surface area contributed by atoms with Crippen molar-refractivity contribution in [3.8, 4) is 26.2 Å². The molecule has 0 aliphatic heterocycles. The van der Waals surface area contributed by atoms with Crippen LogP contribution in [0.4, 0.5) is 0 Å². The molecule has 4 aromatic rings. The summed E-state index contributed by atoms with van der Waals surface area (Å²) in [6.45, 7) is 2.27. The number of hydrogen-bond donors (Lipinski definition) is 1. The molecule has 1 amide bonds. The lowest BCUT2D eigenvalue weighted by atomic mass is 10.3. The van der Waals surface area contributed by atoms with Gasteiger partial charge >= 0.3 is 0 Å². The van der Waals surface area contributed by atoms with E-state index in [0.717, 1.165) is 20.5 Å². The molecule has 1 N–H and O–H groups in total. The molecule has 7 nitrogen and oxygen atoms in total. The van der Waals surface area contributed by atoms with Gasteiger partial charge in [0, 0.05) is 17.6 Å². The Hall–Kier alpha value is -3.01.